The van der Waals surface area contributed by atoms with Gasteiger partial charge in [-0.1, -0.05) is 6.08 Å². The Morgan fingerprint density at radius 1 is 1.35 bits per heavy atom. The van der Waals surface area contributed by atoms with E-state index in [9.17, 15) is 4.79 Å². The smallest absolute Gasteiger partial charge is 0.220 e. The first-order valence-electron chi connectivity index (χ1n) is 6.20. The van der Waals surface area contributed by atoms with Crippen LogP contribution in [0.4, 0.5) is 0 Å². The van der Waals surface area contributed by atoms with E-state index in [4.69, 9.17) is 17.2 Å². The highest BCUT2D eigenvalue weighted by Gasteiger charge is 2.25. The maximum absolute atomic E-state index is 11.7. The molecule has 1 rings (SSSR count). The number of rotatable bonds is 5. The lowest BCUT2D eigenvalue weighted by atomic mass is 9.88. The largest absolute Gasteiger partial charge is 0.353 e. The zero-order valence-electron chi connectivity index (χ0n) is 10.3. The third-order valence-corrected chi connectivity index (χ3v) is 3.15. The maximum atomic E-state index is 11.7. The van der Waals surface area contributed by atoms with Crippen LogP contribution < -0.4 is 22.5 Å². The van der Waals surface area contributed by atoms with E-state index in [-0.39, 0.29) is 30.1 Å². The molecule has 0 aromatic carbocycles. The Morgan fingerprint density at radius 2 is 1.94 bits per heavy atom. The van der Waals surface area contributed by atoms with E-state index in [2.05, 4.69) is 11.9 Å². The number of amides is 1. The zero-order valence-corrected chi connectivity index (χ0v) is 10.3. The lowest BCUT2D eigenvalue weighted by molar-refractivity contribution is -0.122. The van der Waals surface area contributed by atoms with Crippen molar-refractivity contribution in [1.29, 1.82) is 0 Å². The molecule has 1 aliphatic rings. The summed E-state index contributed by atoms with van der Waals surface area (Å²) < 4.78 is 0. The molecule has 0 aromatic heterocycles. The summed E-state index contributed by atoms with van der Waals surface area (Å²) in [4.78, 5) is 11.7. The highest BCUT2D eigenvalue weighted by Crippen LogP contribution is 2.16. The number of carbonyl (C=O) groups excluding carboxylic acids is 1. The van der Waals surface area contributed by atoms with Gasteiger partial charge in [0.1, 0.15) is 0 Å². The second kappa shape index (κ2) is 6.74. The summed E-state index contributed by atoms with van der Waals surface area (Å²) in [5, 5.41) is 2.97. The number of carbonyl (C=O) groups is 1. The first-order chi connectivity index (χ1) is 8.01. The third kappa shape index (κ3) is 5.30. The molecule has 1 aliphatic carbocycles. The van der Waals surface area contributed by atoms with Gasteiger partial charge < -0.3 is 22.5 Å². The number of hydrogen-bond donors (Lipinski definition) is 4. The molecule has 1 saturated carbocycles. The van der Waals surface area contributed by atoms with Gasteiger partial charge in [-0.25, -0.2) is 0 Å². The number of nitrogens with two attached hydrogens (primary N) is 3. The van der Waals surface area contributed by atoms with Crippen molar-refractivity contribution in [3.05, 3.63) is 12.7 Å². The van der Waals surface area contributed by atoms with Gasteiger partial charge in [-0.3, -0.25) is 4.79 Å². The second-order valence-corrected chi connectivity index (χ2v) is 4.93. The molecule has 0 spiro atoms. The Kier molecular flexibility index (Phi) is 5.61. The predicted molar refractivity (Wildman–Crippen MR) is 69.1 cm³/mol. The molecule has 5 nitrogen and oxygen atoms in total. The van der Waals surface area contributed by atoms with E-state index in [0.717, 1.165) is 19.3 Å². The first-order valence-corrected chi connectivity index (χ1v) is 6.20. The predicted octanol–water partition coefficient (Wildman–Crippen LogP) is -0.397. The van der Waals surface area contributed by atoms with E-state index in [1.54, 1.807) is 6.08 Å². The van der Waals surface area contributed by atoms with Crippen LogP contribution in [0.1, 0.15) is 32.1 Å². The normalized spacial score (nSPS) is 30.6. The molecule has 0 bridgehead atoms. The van der Waals surface area contributed by atoms with Gasteiger partial charge in [-0.05, 0) is 25.7 Å². The highest BCUT2D eigenvalue weighted by molar-refractivity contribution is 5.76. The van der Waals surface area contributed by atoms with Gasteiger partial charge in [0.25, 0.3) is 0 Å². The lowest BCUT2D eigenvalue weighted by Crippen LogP contribution is -2.49. The van der Waals surface area contributed by atoms with Crippen LogP contribution in [0.5, 0.6) is 0 Å². The SMILES string of the molecule is C=CC(N)CCC(=O)NC1CC(N)CC(N)C1. The van der Waals surface area contributed by atoms with Gasteiger partial charge in [-0.15, -0.1) is 6.58 Å². The van der Waals surface area contributed by atoms with Crippen molar-refractivity contribution < 1.29 is 4.79 Å². The molecule has 0 radical (unpaired) electrons. The van der Waals surface area contributed by atoms with Crippen LogP contribution in [0.3, 0.4) is 0 Å². The van der Waals surface area contributed by atoms with Gasteiger partial charge in [-0.2, -0.15) is 0 Å². The molecular formula is C12H24N4O. The van der Waals surface area contributed by atoms with Gasteiger partial charge in [0.15, 0.2) is 0 Å². The summed E-state index contributed by atoms with van der Waals surface area (Å²) in [5.41, 5.74) is 17.4. The molecule has 5 heteroatoms. The lowest BCUT2D eigenvalue weighted by Gasteiger charge is -2.31. The van der Waals surface area contributed by atoms with Crippen LogP contribution in [0, 0.1) is 0 Å². The minimum absolute atomic E-state index is 0.0219. The molecule has 1 fully saturated rings. The monoisotopic (exact) mass is 240 g/mol. The van der Waals surface area contributed by atoms with E-state index >= 15 is 0 Å². The Morgan fingerprint density at radius 3 is 2.47 bits per heavy atom. The summed E-state index contributed by atoms with van der Waals surface area (Å²) in [6.07, 6.45) is 5.17. The molecule has 7 N–H and O–H groups in total. The molecule has 98 valence electrons. The van der Waals surface area contributed by atoms with Crippen molar-refractivity contribution in [2.45, 2.75) is 56.3 Å². The Balaban J connectivity index is 2.28. The van der Waals surface area contributed by atoms with Crippen LogP contribution in [0.15, 0.2) is 12.7 Å². The van der Waals surface area contributed by atoms with Gasteiger partial charge >= 0.3 is 0 Å². The standard InChI is InChI=1S/C12H24N4O/c1-2-8(13)3-4-12(17)16-11-6-9(14)5-10(15)7-11/h2,8-11H,1,3-7,13-15H2,(H,16,17). The molecule has 3 unspecified atom stereocenters. The fourth-order valence-electron chi connectivity index (χ4n) is 2.24. The summed E-state index contributed by atoms with van der Waals surface area (Å²) in [6.45, 7) is 3.58. The summed E-state index contributed by atoms with van der Waals surface area (Å²) in [6, 6.07) is 0.191. The topological polar surface area (TPSA) is 107 Å². The summed E-state index contributed by atoms with van der Waals surface area (Å²) in [7, 11) is 0. The van der Waals surface area contributed by atoms with Crippen LogP contribution >= 0.6 is 0 Å². The fourth-order valence-corrected chi connectivity index (χ4v) is 2.24. The van der Waals surface area contributed by atoms with Crippen LogP contribution in [-0.2, 0) is 4.79 Å². The first kappa shape index (κ1) is 14.2. The van der Waals surface area contributed by atoms with E-state index in [1.807, 2.05) is 0 Å². The number of hydrogen-bond acceptors (Lipinski definition) is 4. The average molecular weight is 240 g/mol. The van der Waals surface area contributed by atoms with E-state index in [0.29, 0.717) is 12.8 Å². The van der Waals surface area contributed by atoms with Crippen molar-refractivity contribution in [1.82, 2.24) is 5.32 Å². The minimum atomic E-state index is -0.114. The maximum Gasteiger partial charge on any atom is 0.220 e. The molecular weight excluding hydrogens is 216 g/mol. The molecule has 1 amide bonds. The van der Waals surface area contributed by atoms with Crippen molar-refractivity contribution in [2.75, 3.05) is 0 Å². The summed E-state index contributed by atoms with van der Waals surface area (Å²) >= 11 is 0. The van der Waals surface area contributed by atoms with E-state index < -0.39 is 0 Å². The second-order valence-electron chi connectivity index (χ2n) is 4.93. The fraction of sp³-hybridized carbons (Fsp3) is 0.750. The zero-order chi connectivity index (χ0) is 12.8. The Labute approximate surface area is 103 Å². The summed E-state index contributed by atoms with van der Waals surface area (Å²) in [5.74, 6) is 0.0219. The van der Waals surface area contributed by atoms with E-state index in [1.165, 1.54) is 0 Å². The van der Waals surface area contributed by atoms with Crippen molar-refractivity contribution in [2.24, 2.45) is 17.2 Å². The molecule has 3 atom stereocenters. The number of nitrogens with one attached hydrogen (secondary N) is 1. The van der Waals surface area contributed by atoms with Gasteiger partial charge in [0.05, 0.1) is 0 Å². The van der Waals surface area contributed by atoms with Crippen LogP contribution in [0.25, 0.3) is 0 Å². The quantitative estimate of drug-likeness (QED) is 0.491. The van der Waals surface area contributed by atoms with Crippen molar-refractivity contribution in [3.63, 3.8) is 0 Å². The molecule has 0 aromatic rings. The third-order valence-electron chi connectivity index (χ3n) is 3.15. The molecule has 17 heavy (non-hydrogen) atoms. The van der Waals surface area contributed by atoms with Gasteiger partial charge in [0.2, 0.25) is 5.91 Å². The van der Waals surface area contributed by atoms with Gasteiger partial charge in [0, 0.05) is 30.6 Å². The van der Waals surface area contributed by atoms with Crippen molar-refractivity contribution >= 4 is 5.91 Å². The molecule has 0 saturated heterocycles. The van der Waals surface area contributed by atoms with Crippen LogP contribution in [-0.4, -0.2) is 30.1 Å². The Bertz CT molecular complexity index is 259. The molecule has 0 heterocycles. The highest BCUT2D eigenvalue weighted by atomic mass is 16.1. The van der Waals surface area contributed by atoms with Crippen LogP contribution in [0.2, 0.25) is 0 Å². The Hall–Kier alpha value is -0.910. The van der Waals surface area contributed by atoms with Crippen molar-refractivity contribution in [3.8, 4) is 0 Å². The minimum Gasteiger partial charge on any atom is -0.353 e. The molecule has 0 aliphatic heterocycles. The average Bonchev–Trinajstić information content (AvgIpc) is 2.24.